The van der Waals surface area contributed by atoms with Crippen LogP contribution in [0.25, 0.3) is 0 Å². The standard InChI is InChI=1S/C6H10N3O4P/c10-4-1-5-13-14(11,12)6-2-3-7-9-8-6/h2-3,10H,1,4-5H2,(H,11,12). The molecule has 0 radical (unpaired) electrons. The zero-order chi connectivity index (χ0) is 10.4. The van der Waals surface area contributed by atoms with Crippen LogP contribution in [-0.2, 0) is 9.09 Å². The van der Waals surface area contributed by atoms with Crippen molar-refractivity contribution in [1.29, 1.82) is 0 Å². The Morgan fingerprint density at radius 1 is 1.57 bits per heavy atom. The number of aliphatic hydroxyl groups is 1. The Hall–Kier alpha value is -0.880. The Labute approximate surface area is 80.3 Å². The van der Waals surface area contributed by atoms with Gasteiger partial charge in [0.2, 0.25) is 0 Å². The number of hydrogen-bond donors (Lipinski definition) is 2. The molecule has 0 saturated heterocycles. The highest BCUT2D eigenvalue weighted by Gasteiger charge is 2.24. The van der Waals surface area contributed by atoms with Crippen molar-refractivity contribution in [1.82, 2.24) is 15.4 Å². The minimum Gasteiger partial charge on any atom is -0.396 e. The lowest BCUT2D eigenvalue weighted by molar-refractivity contribution is 0.218. The molecule has 0 spiro atoms. The minimum atomic E-state index is -3.90. The van der Waals surface area contributed by atoms with Gasteiger partial charge >= 0.3 is 7.60 Å². The molecule has 1 aromatic heterocycles. The van der Waals surface area contributed by atoms with Crippen LogP contribution in [0.2, 0.25) is 0 Å². The van der Waals surface area contributed by atoms with Crippen LogP contribution in [0, 0.1) is 0 Å². The van der Waals surface area contributed by atoms with Gasteiger partial charge in [-0.3, -0.25) is 4.57 Å². The highest BCUT2D eigenvalue weighted by atomic mass is 31.2. The van der Waals surface area contributed by atoms with E-state index in [0.29, 0.717) is 6.42 Å². The molecule has 0 bridgehead atoms. The molecule has 2 N–H and O–H groups in total. The van der Waals surface area contributed by atoms with E-state index in [2.05, 4.69) is 19.9 Å². The summed E-state index contributed by atoms with van der Waals surface area (Å²) in [6.07, 6.45) is 1.55. The van der Waals surface area contributed by atoms with Gasteiger partial charge in [0, 0.05) is 6.61 Å². The molecule has 1 rings (SSSR count). The van der Waals surface area contributed by atoms with Crippen LogP contribution in [0.5, 0.6) is 0 Å². The van der Waals surface area contributed by atoms with Crippen LogP contribution < -0.4 is 5.44 Å². The fraction of sp³-hybridized carbons (Fsp3) is 0.500. The van der Waals surface area contributed by atoms with Crippen LogP contribution >= 0.6 is 7.60 Å². The molecule has 0 aliphatic heterocycles. The van der Waals surface area contributed by atoms with E-state index >= 15 is 0 Å². The Balaban J connectivity index is 2.62. The second kappa shape index (κ2) is 5.11. The van der Waals surface area contributed by atoms with Crippen LogP contribution in [0.3, 0.4) is 0 Å². The van der Waals surface area contributed by atoms with Crippen molar-refractivity contribution in [3.8, 4) is 0 Å². The number of hydrogen-bond acceptors (Lipinski definition) is 6. The van der Waals surface area contributed by atoms with Gasteiger partial charge in [0.05, 0.1) is 12.8 Å². The van der Waals surface area contributed by atoms with Crippen molar-refractivity contribution < 1.29 is 19.1 Å². The third-order valence-corrected chi connectivity index (χ3v) is 2.70. The van der Waals surface area contributed by atoms with Gasteiger partial charge in [-0.1, -0.05) is 0 Å². The number of rotatable bonds is 5. The van der Waals surface area contributed by atoms with E-state index < -0.39 is 7.60 Å². The van der Waals surface area contributed by atoms with Crippen LogP contribution in [0.4, 0.5) is 0 Å². The Morgan fingerprint density at radius 3 is 2.93 bits per heavy atom. The van der Waals surface area contributed by atoms with Crippen molar-refractivity contribution in [3.63, 3.8) is 0 Å². The van der Waals surface area contributed by atoms with E-state index in [0.717, 1.165) is 0 Å². The van der Waals surface area contributed by atoms with Gasteiger partial charge in [0.25, 0.3) is 0 Å². The molecule has 1 heterocycles. The molecular weight excluding hydrogens is 209 g/mol. The normalized spacial score (nSPS) is 15.0. The summed E-state index contributed by atoms with van der Waals surface area (Å²) >= 11 is 0. The van der Waals surface area contributed by atoms with E-state index in [9.17, 15) is 9.46 Å². The maximum atomic E-state index is 11.4. The topological polar surface area (TPSA) is 105 Å². The van der Waals surface area contributed by atoms with Gasteiger partial charge in [0.15, 0.2) is 5.44 Å². The summed E-state index contributed by atoms with van der Waals surface area (Å²) in [5.41, 5.74) is -0.148. The van der Waals surface area contributed by atoms with E-state index in [1.54, 1.807) is 0 Å². The lowest BCUT2D eigenvalue weighted by Crippen LogP contribution is -2.14. The SMILES string of the molecule is O=P(O)(OCCCO)c1ccnnn1. The van der Waals surface area contributed by atoms with Crippen molar-refractivity contribution in [2.24, 2.45) is 0 Å². The Bertz CT molecular complexity index is 320. The summed E-state index contributed by atoms with van der Waals surface area (Å²) in [5, 5.41) is 18.4. The fourth-order valence-electron chi connectivity index (χ4n) is 0.704. The Morgan fingerprint density at radius 2 is 2.36 bits per heavy atom. The van der Waals surface area contributed by atoms with Gasteiger partial charge in [-0.05, 0) is 17.7 Å². The first-order valence-electron chi connectivity index (χ1n) is 3.90. The third-order valence-electron chi connectivity index (χ3n) is 1.35. The lowest BCUT2D eigenvalue weighted by atomic mass is 10.5. The molecule has 0 fully saturated rings. The molecular formula is C6H10N3O4P. The molecule has 7 nitrogen and oxygen atoms in total. The first-order chi connectivity index (χ1) is 6.67. The summed E-state index contributed by atoms with van der Waals surface area (Å²) in [6.45, 7) is -0.101. The maximum Gasteiger partial charge on any atom is 0.379 e. The number of nitrogens with zero attached hydrogens (tertiary/aromatic N) is 3. The van der Waals surface area contributed by atoms with E-state index in [-0.39, 0.29) is 18.6 Å². The molecule has 0 aromatic carbocycles. The maximum absolute atomic E-state index is 11.4. The minimum absolute atomic E-state index is 0.00567. The van der Waals surface area contributed by atoms with Crippen LogP contribution in [-0.4, -0.2) is 38.6 Å². The quantitative estimate of drug-likeness (QED) is 0.487. The predicted molar refractivity (Wildman–Crippen MR) is 46.9 cm³/mol. The lowest BCUT2D eigenvalue weighted by Gasteiger charge is -2.09. The highest BCUT2D eigenvalue weighted by molar-refractivity contribution is 7.60. The number of aliphatic hydroxyl groups excluding tert-OH is 1. The zero-order valence-electron chi connectivity index (χ0n) is 7.28. The van der Waals surface area contributed by atoms with E-state index in [1.807, 2.05) is 0 Å². The van der Waals surface area contributed by atoms with Crippen molar-refractivity contribution in [2.75, 3.05) is 13.2 Å². The van der Waals surface area contributed by atoms with E-state index in [1.165, 1.54) is 12.3 Å². The van der Waals surface area contributed by atoms with Crippen molar-refractivity contribution in [3.05, 3.63) is 12.3 Å². The van der Waals surface area contributed by atoms with Crippen LogP contribution in [0.1, 0.15) is 6.42 Å². The second-order valence-corrected chi connectivity index (χ2v) is 4.17. The average Bonchev–Trinajstić information content (AvgIpc) is 2.19. The van der Waals surface area contributed by atoms with Gasteiger partial charge in [-0.2, -0.15) is 0 Å². The zero-order valence-corrected chi connectivity index (χ0v) is 8.17. The average molecular weight is 219 g/mol. The smallest absolute Gasteiger partial charge is 0.379 e. The highest BCUT2D eigenvalue weighted by Crippen LogP contribution is 2.39. The summed E-state index contributed by atoms with van der Waals surface area (Å²) in [6, 6.07) is 1.26. The first kappa shape index (κ1) is 11.2. The Kier molecular flexibility index (Phi) is 4.09. The molecule has 1 aromatic rings. The van der Waals surface area contributed by atoms with E-state index in [4.69, 9.17) is 5.11 Å². The predicted octanol–water partition coefficient (Wildman–Crippen LogP) is -0.919. The largest absolute Gasteiger partial charge is 0.396 e. The molecule has 8 heteroatoms. The first-order valence-corrected chi connectivity index (χ1v) is 5.47. The molecule has 0 saturated carbocycles. The van der Waals surface area contributed by atoms with Gasteiger partial charge in [-0.25, -0.2) is 0 Å². The van der Waals surface area contributed by atoms with Crippen molar-refractivity contribution >= 4 is 13.0 Å². The molecule has 1 atom stereocenters. The fourth-order valence-corrected chi connectivity index (χ4v) is 1.62. The van der Waals surface area contributed by atoms with Gasteiger partial charge in [-0.15, -0.1) is 10.2 Å². The molecule has 14 heavy (non-hydrogen) atoms. The molecule has 0 aliphatic rings. The summed E-state index contributed by atoms with van der Waals surface area (Å²) in [4.78, 5) is 9.33. The molecule has 0 aliphatic carbocycles. The molecule has 1 unspecified atom stereocenters. The second-order valence-electron chi connectivity index (χ2n) is 2.41. The van der Waals surface area contributed by atoms with Gasteiger partial charge in [0.1, 0.15) is 0 Å². The summed E-state index contributed by atoms with van der Waals surface area (Å²) in [5.74, 6) is 0. The van der Waals surface area contributed by atoms with Crippen LogP contribution in [0.15, 0.2) is 12.3 Å². The van der Waals surface area contributed by atoms with Crippen molar-refractivity contribution in [2.45, 2.75) is 6.42 Å². The summed E-state index contributed by atoms with van der Waals surface area (Å²) < 4.78 is 16.1. The monoisotopic (exact) mass is 219 g/mol. The third kappa shape index (κ3) is 3.12. The molecule has 0 amide bonds. The molecule has 78 valence electrons. The number of aromatic nitrogens is 3. The summed E-state index contributed by atoms with van der Waals surface area (Å²) in [7, 11) is -3.90. The van der Waals surface area contributed by atoms with Gasteiger partial charge < -0.3 is 14.5 Å².